The van der Waals surface area contributed by atoms with Crippen molar-refractivity contribution < 1.29 is 0 Å². The van der Waals surface area contributed by atoms with Gasteiger partial charge in [-0.3, -0.25) is 0 Å². The minimum atomic E-state index is 0.502. The van der Waals surface area contributed by atoms with E-state index in [1.165, 1.54) is 38.5 Å². The molecule has 4 bridgehead atoms. The number of hydrogen-bond acceptors (Lipinski definition) is 3. The van der Waals surface area contributed by atoms with Gasteiger partial charge in [0.05, 0.1) is 5.69 Å². The van der Waals surface area contributed by atoms with Gasteiger partial charge in [0.1, 0.15) is 5.82 Å². The molecule has 0 aromatic carbocycles. The van der Waals surface area contributed by atoms with Gasteiger partial charge in [-0.2, -0.15) is 0 Å². The van der Waals surface area contributed by atoms with Crippen LogP contribution in [0.25, 0.3) is 0 Å². The molecule has 0 saturated heterocycles. The van der Waals surface area contributed by atoms with Crippen LogP contribution in [0, 0.1) is 23.2 Å². The predicted octanol–water partition coefficient (Wildman–Crippen LogP) is 3.68. The number of anilines is 2. The zero-order valence-corrected chi connectivity index (χ0v) is 12.3. The number of nitrogen functional groups attached to an aromatic ring is 1. The summed E-state index contributed by atoms with van der Waals surface area (Å²) in [6, 6.07) is 4.52. The van der Waals surface area contributed by atoms with Crippen LogP contribution in [-0.4, -0.2) is 11.0 Å². The third-order valence-electron chi connectivity index (χ3n) is 6.21. The lowest BCUT2D eigenvalue weighted by Gasteiger charge is -2.59. The van der Waals surface area contributed by atoms with Gasteiger partial charge in [-0.25, -0.2) is 4.98 Å². The van der Waals surface area contributed by atoms with Crippen LogP contribution in [0.3, 0.4) is 0 Å². The molecule has 1 atom stereocenters. The Bertz CT molecular complexity index is 475. The predicted molar refractivity (Wildman–Crippen MR) is 82.3 cm³/mol. The Morgan fingerprint density at radius 1 is 1.20 bits per heavy atom. The molecule has 4 aliphatic rings. The Morgan fingerprint density at radius 2 is 1.80 bits per heavy atom. The first-order valence-electron chi connectivity index (χ1n) is 8.12. The smallest absolute Gasteiger partial charge is 0.146 e. The van der Waals surface area contributed by atoms with Crippen molar-refractivity contribution in [2.45, 2.75) is 51.5 Å². The maximum atomic E-state index is 5.99. The number of nitrogens with zero attached hydrogens (tertiary/aromatic N) is 1. The average Bonchev–Trinajstić information content (AvgIpc) is 2.40. The lowest BCUT2D eigenvalue weighted by atomic mass is 9.48. The summed E-state index contributed by atoms with van der Waals surface area (Å²) in [7, 11) is 0. The number of nitrogens with two attached hydrogens (primary N) is 1. The SMILES string of the molecule is CC(Nc1cccnc1N)C12CC3CC(CC(C3)C1)C2. The first-order chi connectivity index (χ1) is 9.64. The van der Waals surface area contributed by atoms with Crippen molar-refractivity contribution in [2.24, 2.45) is 23.2 Å². The lowest BCUT2D eigenvalue weighted by molar-refractivity contribution is -0.0602. The summed E-state index contributed by atoms with van der Waals surface area (Å²) in [4.78, 5) is 4.19. The van der Waals surface area contributed by atoms with E-state index in [-0.39, 0.29) is 0 Å². The number of pyridine rings is 1. The van der Waals surface area contributed by atoms with E-state index in [0.29, 0.717) is 17.3 Å². The van der Waals surface area contributed by atoms with E-state index in [0.717, 1.165) is 23.4 Å². The highest BCUT2D eigenvalue weighted by molar-refractivity contribution is 5.61. The van der Waals surface area contributed by atoms with Gasteiger partial charge < -0.3 is 11.1 Å². The van der Waals surface area contributed by atoms with Gasteiger partial charge in [0.25, 0.3) is 0 Å². The Hall–Kier alpha value is -1.25. The Balaban J connectivity index is 1.56. The van der Waals surface area contributed by atoms with Crippen molar-refractivity contribution in [2.75, 3.05) is 11.1 Å². The van der Waals surface area contributed by atoms with E-state index in [1.807, 2.05) is 6.07 Å². The quantitative estimate of drug-likeness (QED) is 0.881. The van der Waals surface area contributed by atoms with Gasteiger partial charge in [-0.15, -0.1) is 0 Å². The van der Waals surface area contributed by atoms with Crippen LogP contribution in [0.2, 0.25) is 0 Å². The number of rotatable bonds is 3. The third-order valence-corrected chi connectivity index (χ3v) is 6.21. The fourth-order valence-corrected chi connectivity index (χ4v) is 5.63. The standard InChI is InChI=1S/C17H25N3/c1-11(20-15-3-2-4-19-16(15)18)17-8-12-5-13(9-17)7-14(6-12)10-17/h2-4,11-14,20H,5-10H2,1H3,(H2,18,19). The molecule has 5 rings (SSSR count). The molecule has 3 N–H and O–H groups in total. The van der Waals surface area contributed by atoms with Crippen molar-refractivity contribution in [1.82, 2.24) is 4.98 Å². The molecule has 1 unspecified atom stereocenters. The Morgan fingerprint density at radius 3 is 2.35 bits per heavy atom. The second-order valence-corrected chi connectivity index (χ2v) is 7.58. The van der Waals surface area contributed by atoms with E-state index in [1.54, 1.807) is 6.20 Å². The van der Waals surface area contributed by atoms with Crippen LogP contribution in [-0.2, 0) is 0 Å². The minimum absolute atomic E-state index is 0.502. The zero-order chi connectivity index (χ0) is 13.7. The molecule has 0 radical (unpaired) electrons. The Kier molecular flexibility index (Phi) is 2.73. The molecule has 1 aromatic rings. The highest BCUT2D eigenvalue weighted by atomic mass is 15.0. The van der Waals surface area contributed by atoms with Gasteiger partial charge >= 0.3 is 0 Å². The average molecular weight is 271 g/mol. The zero-order valence-electron chi connectivity index (χ0n) is 12.3. The van der Waals surface area contributed by atoms with Crippen LogP contribution in [0.5, 0.6) is 0 Å². The first kappa shape index (κ1) is 12.5. The summed E-state index contributed by atoms with van der Waals surface area (Å²) < 4.78 is 0. The molecule has 3 heteroatoms. The summed E-state index contributed by atoms with van der Waals surface area (Å²) >= 11 is 0. The summed E-state index contributed by atoms with van der Waals surface area (Å²) in [6.45, 7) is 2.36. The van der Waals surface area contributed by atoms with Crippen molar-refractivity contribution in [1.29, 1.82) is 0 Å². The van der Waals surface area contributed by atoms with Gasteiger partial charge in [0.2, 0.25) is 0 Å². The maximum Gasteiger partial charge on any atom is 0.146 e. The van der Waals surface area contributed by atoms with Crippen LogP contribution in [0.1, 0.15) is 45.4 Å². The summed E-state index contributed by atoms with van der Waals surface area (Å²) in [5, 5.41) is 3.68. The third kappa shape index (κ3) is 1.90. The molecule has 0 spiro atoms. The van der Waals surface area contributed by atoms with E-state index < -0.39 is 0 Å². The summed E-state index contributed by atoms with van der Waals surface area (Å²) in [6.07, 6.45) is 10.5. The highest BCUT2D eigenvalue weighted by Gasteiger charge is 2.53. The molecule has 1 heterocycles. The van der Waals surface area contributed by atoms with E-state index in [9.17, 15) is 0 Å². The van der Waals surface area contributed by atoms with Crippen molar-refractivity contribution >= 4 is 11.5 Å². The molecule has 1 aromatic heterocycles. The molecule has 108 valence electrons. The topological polar surface area (TPSA) is 50.9 Å². The van der Waals surface area contributed by atoms with Crippen LogP contribution >= 0.6 is 0 Å². The summed E-state index contributed by atoms with van der Waals surface area (Å²) in [5.41, 5.74) is 7.51. The number of hydrogen-bond donors (Lipinski definition) is 2. The van der Waals surface area contributed by atoms with Crippen LogP contribution in [0.15, 0.2) is 18.3 Å². The van der Waals surface area contributed by atoms with Gasteiger partial charge in [0, 0.05) is 12.2 Å². The molecule has 4 fully saturated rings. The maximum absolute atomic E-state index is 5.99. The van der Waals surface area contributed by atoms with Crippen LogP contribution < -0.4 is 11.1 Å². The minimum Gasteiger partial charge on any atom is -0.382 e. The van der Waals surface area contributed by atoms with Gasteiger partial charge in [-0.05, 0) is 80.8 Å². The van der Waals surface area contributed by atoms with Crippen molar-refractivity contribution in [3.05, 3.63) is 18.3 Å². The van der Waals surface area contributed by atoms with Crippen molar-refractivity contribution in [3.8, 4) is 0 Å². The number of nitrogens with one attached hydrogen (secondary N) is 1. The molecule has 0 amide bonds. The second-order valence-electron chi connectivity index (χ2n) is 7.58. The van der Waals surface area contributed by atoms with E-state index in [4.69, 9.17) is 5.73 Å². The van der Waals surface area contributed by atoms with E-state index in [2.05, 4.69) is 23.3 Å². The van der Waals surface area contributed by atoms with E-state index >= 15 is 0 Å². The fraction of sp³-hybridized carbons (Fsp3) is 0.706. The normalized spacial score (nSPS) is 39.8. The second kappa shape index (κ2) is 4.37. The monoisotopic (exact) mass is 271 g/mol. The molecule has 20 heavy (non-hydrogen) atoms. The molecule has 3 nitrogen and oxygen atoms in total. The molecule has 0 aliphatic heterocycles. The number of aromatic nitrogens is 1. The van der Waals surface area contributed by atoms with Crippen LogP contribution in [0.4, 0.5) is 11.5 Å². The molecule has 4 aliphatic carbocycles. The molecular weight excluding hydrogens is 246 g/mol. The highest BCUT2D eigenvalue weighted by Crippen LogP contribution is 2.61. The van der Waals surface area contributed by atoms with Gasteiger partial charge in [0.15, 0.2) is 0 Å². The largest absolute Gasteiger partial charge is 0.382 e. The van der Waals surface area contributed by atoms with Gasteiger partial charge in [-0.1, -0.05) is 0 Å². The van der Waals surface area contributed by atoms with Crippen molar-refractivity contribution in [3.63, 3.8) is 0 Å². The summed E-state index contributed by atoms with van der Waals surface area (Å²) in [5.74, 6) is 3.62. The molecule has 4 saturated carbocycles. The first-order valence-corrected chi connectivity index (χ1v) is 8.12. The lowest BCUT2D eigenvalue weighted by Crippen LogP contribution is -2.52. The molecular formula is C17H25N3. The Labute approximate surface area is 121 Å². The fourth-order valence-electron chi connectivity index (χ4n) is 5.63.